The Balaban J connectivity index is 2.03. The average Bonchev–Trinajstić information content (AvgIpc) is 2.84. The van der Waals surface area contributed by atoms with Gasteiger partial charge in [-0.05, 0) is 20.8 Å². The molecule has 86 valence electrons. The number of rotatable bonds is 3. The topological polar surface area (TPSA) is 37.8 Å². The Morgan fingerprint density at radius 1 is 1.31 bits per heavy atom. The molecule has 2 rings (SSSR count). The third-order valence-electron chi connectivity index (χ3n) is 1.99. The summed E-state index contributed by atoms with van der Waals surface area (Å²) in [6, 6.07) is 0. The second-order valence-corrected chi connectivity index (χ2v) is 6.60. The highest BCUT2D eigenvalue weighted by Gasteiger charge is 2.11. The van der Waals surface area contributed by atoms with Crippen molar-refractivity contribution in [3.63, 3.8) is 0 Å². The second-order valence-electron chi connectivity index (χ2n) is 4.60. The van der Waals surface area contributed by atoms with Crippen LogP contribution in [0, 0.1) is 0 Å². The van der Waals surface area contributed by atoms with Crippen LogP contribution in [0.3, 0.4) is 0 Å². The largest absolute Gasteiger partial charge is 0.307 e. The quantitative estimate of drug-likeness (QED) is 0.913. The first kappa shape index (κ1) is 11.7. The van der Waals surface area contributed by atoms with Gasteiger partial charge in [0.05, 0.1) is 10.4 Å². The van der Waals surface area contributed by atoms with Gasteiger partial charge in [-0.2, -0.15) is 0 Å². The smallest absolute Gasteiger partial charge is 0.135 e. The summed E-state index contributed by atoms with van der Waals surface area (Å²) in [5.41, 5.74) is 1.98. The minimum atomic E-state index is 0.147. The van der Waals surface area contributed by atoms with E-state index in [1.54, 1.807) is 22.7 Å². The van der Waals surface area contributed by atoms with Gasteiger partial charge in [-0.25, -0.2) is 4.98 Å². The highest BCUT2D eigenvalue weighted by Crippen LogP contribution is 2.27. The maximum atomic E-state index is 4.41. The molecule has 0 fully saturated rings. The zero-order chi connectivity index (χ0) is 11.6. The van der Waals surface area contributed by atoms with Crippen LogP contribution in [0.5, 0.6) is 0 Å². The second kappa shape index (κ2) is 4.61. The Hall–Kier alpha value is -0.780. The number of thiazole rings is 2. The molecule has 1 N–H and O–H groups in total. The molecule has 0 bridgehead atoms. The fourth-order valence-electron chi connectivity index (χ4n) is 1.18. The van der Waals surface area contributed by atoms with E-state index in [1.165, 1.54) is 4.88 Å². The molecule has 0 aliphatic rings. The lowest BCUT2D eigenvalue weighted by atomic mass is 10.1. The first-order valence-corrected chi connectivity index (χ1v) is 6.83. The first-order valence-electron chi connectivity index (χ1n) is 5.13. The van der Waals surface area contributed by atoms with Gasteiger partial charge in [0.2, 0.25) is 0 Å². The van der Waals surface area contributed by atoms with E-state index in [4.69, 9.17) is 0 Å². The van der Waals surface area contributed by atoms with E-state index in [9.17, 15) is 0 Å². The third-order valence-corrected chi connectivity index (χ3v) is 3.93. The Morgan fingerprint density at radius 3 is 2.75 bits per heavy atom. The number of hydrogen-bond acceptors (Lipinski definition) is 5. The summed E-state index contributed by atoms with van der Waals surface area (Å²) in [6.07, 6.45) is 3.81. The molecule has 2 aromatic rings. The zero-order valence-corrected chi connectivity index (χ0v) is 11.3. The molecule has 2 aromatic heterocycles. The Labute approximate surface area is 104 Å². The minimum absolute atomic E-state index is 0.147. The molecule has 0 amide bonds. The van der Waals surface area contributed by atoms with Crippen LogP contribution in [0.15, 0.2) is 17.9 Å². The lowest BCUT2D eigenvalue weighted by molar-refractivity contribution is 0.426. The molecule has 0 aliphatic carbocycles. The van der Waals surface area contributed by atoms with Crippen LogP contribution in [-0.4, -0.2) is 15.5 Å². The molecule has 0 atom stereocenters. The van der Waals surface area contributed by atoms with Gasteiger partial charge >= 0.3 is 0 Å². The van der Waals surface area contributed by atoms with Gasteiger partial charge in [-0.3, -0.25) is 4.98 Å². The number of hydrogen-bond donors (Lipinski definition) is 1. The van der Waals surface area contributed by atoms with Gasteiger partial charge in [0.1, 0.15) is 5.01 Å². The van der Waals surface area contributed by atoms with Crippen LogP contribution < -0.4 is 5.32 Å². The Bertz CT molecular complexity index is 440. The summed E-state index contributed by atoms with van der Waals surface area (Å²) in [5.74, 6) is 0. The Morgan fingerprint density at radius 2 is 2.12 bits per heavy atom. The fourth-order valence-corrected chi connectivity index (χ4v) is 2.71. The van der Waals surface area contributed by atoms with Crippen LogP contribution in [-0.2, 0) is 6.54 Å². The van der Waals surface area contributed by atoms with E-state index in [2.05, 4.69) is 36.1 Å². The third kappa shape index (κ3) is 3.10. The highest BCUT2D eigenvalue weighted by molar-refractivity contribution is 7.20. The van der Waals surface area contributed by atoms with E-state index in [0.717, 1.165) is 16.4 Å². The lowest BCUT2D eigenvalue weighted by Crippen LogP contribution is -2.34. The monoisotopic (exact) mass is 253 g/mol. The van der Waals surface area contributed by atoms with Crippen LogP contribution in [0.2, 0.25) is 0 Å². The summed E-state index contributed by atoms with van der Waals surface area (Å²) in [6.45, 7) is 7.37. The normalized spacial score (nSPS) is 11.9. The van der Waals surface area contributed by atoms with Crippen molar-refractivity contribution in [2.75, 3.05) is 0 Å². The van der Waals surface area contributed by atoms with Gasteiger partial charge in [0.15, 0.2) is 0 Å². The van der Waals surface area contributed by atoms with E-state index < -0.39 is 0 Å². The maximum absolute atomic E-state index is 4.41. The molecule has 0 aromatic carbocycles. The summed E-state index contributed by atoms with van der Waals surface area (Å²) in [7, 11) is 0. The van der Waals surface area contributed by atoms with Crippen LogP contribution in [0.4, 0.5) is 0 Å². The van der Waals surface area contributed by atoms with Gasteiger partial charge < -0.3 is 5.32 Å². The van der Waals surface area contributed by atoms with Gasteiger partial charge in [0.25, 0.3) is 0 Å². The van der Waals surface area contributed by atoms with Crippen molar-refractivity contribution in [2.45, 2.75) is 32.9 Å². The van der Waals surface area contributed by atoms with Crippen molar-refractivity contribution in [3.05, 3.63) is 22.8 Å². The zero-order valence-electron chi connectivity index (χ0n) is 9.65. The van der Waals surface area contributed by atoms with Gasteiger partial charge in [0, 0.05) is 29.4 Å². The standard InChI is InChI=1S/C11H15N3S2/c1-11(2,3)14-5-8-4-13-10(16-8)9-6-12-7-15-9/h4,6-7,14H,5H2,1-3H3. The lowest BCUT2D eigenvalue weighted by Gasteiger charge is -2.19. The fraction of sp³-hybridized carbons (Fsp3) is 0.455. The van der Waals surface area contributed by atoms with Crippen LogP contribution in [0.1, 0.15) is 25.6 Å². The van der Waals surface area contributed by atoms with Crippen molar-refractivity contribution in [1.29, 1.82) is 0 Å². The van der Waals surface area contributed by atoms with Crippen molar-refractivity contribution < 1.29 is 0 Å². The van der Waals surface area contributed by atoms with Gasteiger partial charge in [-0.15, -0.1) is 22.7 Å². The molecule has 0 spiro atoms. The van der Waals surface area contributed by atoms with Crippen LogP contribution in [0.25, 0.3) is 9.88 Å². The molecule has 0 aliphatic heterocycles. The Kier molecular flexibility index (Phi) is 3.37. The SMILES string of the molecule is CC(C)(C)NCc1cnc(-c2cncs2)s1. The van der Waals surface area contributed by atoms with Crippen molar-refractivity contribution in [1.82, 2.24) is 15.3 Å². The molecule has 0 radical (unpaired) electrons. The predicted molar refractivity (Wildman–Crippen MR) is 69.8 cm³/mol. The molecule has 0 saturated carbocycles. The first-order chi connectivity index (χ1) is 7.54. The summed E-state index contributed by atoms with van der Waals surface area (Å²) in [5, 5.41) is 4.52. The van der Waals surface area contributed by atoms with Crippen molar-refractivity contribution in [2.24, 2.45) is 0 Å². The molecular formula is C11H15N3S2. The van der Waals surface area contributed by atoms with E-state index in [1.807, 2.05) is 17.9 Å². The summed E-state index contributed by atoms with van der Waals surface area (Å²) >= 11 is 3.36. The highest BCUT2D eigenvalue weighted by atomic mass is 32.1. The molecule has 2 heterocycles. The molecule has 0 unspecified atom stereocenters. The molecule has 16 heavy (non-hydrogen) atoms. The summed E-state index contributed by atoms with van der Waals surface area (Å²) < 4.78 is 0. The van der Waals surface area contributed by atoms with E-state index in [0.29, 0.717) is 0 Å². The minimum Gasteiger partial charge on any atom is -0.307 e. The molecule has 3 nitrogen and oxygen atoms in total. The average molecular weight is 253 g/mol. The van der Waals surface area contributed by atoms with Crippen molar-refractivity contribution in [3.8, 4) is 9.88 Å². The van der Waals surface area contributed by atoms with Crippen molar-refractivity contribution >= 4 is 22.7 Å². The predicted octanol–water partition coefficient (Wildman–Crippen LogP) is 3.15. The maximum Gasteiger partial charge on any atom is 0.135 e. The molecule has 5 heteroatoms. The van der Waals surface area contributed by atoms with E-state index in [-0.39, 0.29) is 5.54 Å². The molecule has 0 saturated heterocycles. The number of nitrogens with zero attached hydrogens (tertiary/aromatic N) is 2. The van der Waals surface area contributed by atoms with Crippen LogP contribution >= 0.6 is 22.7 Å². The number of aromatic nitrogens is 2. The summed E-state index contributed by atoms with van der Waals surface area (Å²) in [4.78, 5) is 10.9. The van der Waals surface area contributed by atoms with E-state index >= 15 is 0 Å². The molecular weight excluding hydrogens is 238 g/mol. The van der Waals surface area contributed by atoms with Gasteiger partial charge in [-0.1, -0.05) is 0 Å². The number of nitrogens with one attached hydrogen (secondary N) is 1.